The minimum Gasteiger partial charge on any atom is -0.350 e. The molecule has 0 radical (unpaired) electrons. The second-order valence-corrected chi connectivity index (χ2v) is 4.57. The summed E-state index contributed by atoms with van der Waals surface area (Å²) < 4.78 is 12.9. The van der Waals surface area contributed by atoms with E-state index in [-0.39, 0.29) is 17.8 Å². The van der Waals surface area contributed by atoms with Crippen LogP contribution in [0.25, 0.3) is 0 Å². The molecule has 18 heavy (non-hydrogen) atoms. The van der Waals surface area contributed by atoms with Crippen LogP contribution in [0.2, 0.25) is 5.02 Å². The Labute approximate surface area is 112 Å². The number of halogens is 2. The zero-order valence-electron chi connectivity index (χ0n) is 10.6. The van der Waals surface area contributed by atoms with Gasteiger partial charge >= 0.3 is 0 Å². The van der Waals surface area contributed by atoms with Gasteiger partial charge in [0.1, 0.15) is 5.82 Å². The molecule has 0 heterocycles. The van der Waals surface area contributed by atoms with Crippen LogP contribution in [0.15, 0.2) is 18.2 Å². The van der Waals surface area contributed by atoms with Crippen LogP contribution in [0.5, 0.6) is 0 Å². The lowest BCUT2D eigenvalue weighted by Crippen LogP contribution is -2.27. The monoisotopic (exact) mass is 272 g/mol. The highest BCUT2D eigenvalue weighted by Crippen LogP contribution is 2.23. The molecule has 3 nitrogen and oxygen atoms in total. The van der Waals surface area contributed by atoms with Gasteiger partial charge in [-0.05, 0) is 44.6 Å². The van der Waals surface area contributed by atoms with Crippen LogP contribution < -0.4 is 10.6 Å². The number of rotatable bonds is 6. The summed E-state index contributed by atoms with van der Waals surface area (Å²) in [5, 5.41) is 6.15. The maximum absolute atomic E-state index is 12.9. The van der Waals surface area contributed by atoms with Crippen molar-refractivity contribution in [3.63, 3.8) is 0 Å². The number of hydrogen-bond acceptors (Lipinski definition) is 2. The minimum atomic E-state index is -0.378. The molecule has 0 aliphatic heterocycles. The zero-order valence-corrected chi connectivity index (χ0v) is 11.4. The van der Waals surface area contributed by atoms with Gasteiger partial charge in [0.25, 0.3) is 0 Å². The third-order valence-corrected chi connectivity index (χ3v) is 2.96. The van der Waals surface area contributed by atoms with Crippen LogP contribution >= 0.6 is 11.6 Å². The average molecular weight is 273 g/mol. The topological polar surface area (TPSA) is 41.1 Å². The van der Waals surface area contributed by atoms with Crippen molar-refractivity contribution in [1.82, 2.24) is 10.6 Å². The fraction of sp³-hybridized carbons (Fsp3) is 0.462. The summed E-state index contributed by atoms with van der Waals surface area (Å²) in [7, 11) is 1.85. The van der Waals surface area contributed by atoms with Gasteiger partial charge < -0.3 is 10.6 Å². The molecule has 0 spiro atoms. The first-order valence-corrected chi connectivity index (χ1v) is 6.31. The van der Waals surface area contributed by atoms with Crippen molar-refractivity contribution in [3.8, 4) is 0 Å². The Kier molecular flexibility index (Phi) is 6.09. The lowest BCUT2D eigenvalue weighted by Gasteiger charge is -2.15. The summed E-state index contributed by atoms with van der Waals surface area (Å²) in [6, 6.07) is 3.96. The first-order valence-electron chi connectivity index (χ1n) is 5.93. The van der Waals surface area contributed by atoms with Crippen LogP contribution in [0.3, 0.4) is 0 Å². The number of benzene rings is 1. The normalized spacial score (nSPS) is 12.2. The van der Waals surface area contributed by atoms with Gasteiger partial charge in [-0.25, -0.2) is 4.39 Å². The largest absolute Gasteiger partial charge is 0.350 e. The smallest absolute Gasteiger partial charge is 0.220 e. The van der Waals surface area contributed by atoms with Gasteiger partial charge in [0.15, 0.2) is 0 Å². The summed E-state index contributed by atoms with van der Waals surface area (Å²) >= 11 is 5.93. The Morgan fingerprint density at radius 2 is 2.22 bits per heavy atom. The summed E-state index contributed by atoms with van der Waals surface area (Å²) in [6.45, 7) is 2.63. The second kappa shape index (κ2) is 7.34. The molecule has 5 heteroatoms. The quantitative estimate of drug-likeness (QED) is 0.782. The van der Waals surface area contributed by atoms with Crippen molar-refractivity contribution in [1.29, 1.82) is 0 Å². The van der Waals surface area contributed by atoms with Gasteiger partial charge in [0.2, 0.25) is 5.91 Å². The summed E-state index contributed by atoms with van der Waals surface area (Å²) in [5.41, 5.74) is 0.722. The molecule has 0 saturated heterocycles. The molecule has 1 unspecified atom stereocenters. The Balaban J connectivity index is 2.54. The molecular formula is C13H18ClFN2O. The third-order valence-electron chi connectivity index (χ3n) is 2.64. The van der Waals surface area contributed by atoms with E-state index < -0.39 is 0 Å². The summed E-state index contributed by atoms with van der Waals surface area (Å²) in [6.07, 6.45) is 1.25. The fourth-order valence-electron chi connectivity index (χ4n) is 1.67. The Bertz CT molecular complexity index is 412. The molecule has 0 aliphatic rings. The number of nitrogens with one attached hydrogen (secondary N) is 2. The van der Waals surface area contributed by atoms with E-state index in [0.29, 0.717) is 11.4 Å². The van der Waals surface area contributed by atoms with E-state index >= 15 is 0 Å². The summed E-state index contributed by atoms with van der Waals surface area (Å²) in [4.78, 5) is 11.6. The van der Waals surface area contributed by atoms with Crippen molar-refractivity contribution in [2.24, 2.45) is 0 Å². The molecule has 1 amide bonds. The lowest BCUT2D eigenvalue weighted by atomic mass is 10.1. The van der Waals surface area contributed by atoms with E-state index in [1.807, 2.05) is 14.0 Å². The molecule has 100 valence electrons. The maximum Gasteiger partial charge on any atom is 0.220 e. The number of hydrogen-bond donors (Lipinski definition) is 2. The van der Waals surface area contributed by atoms with E-state index in [1.165, 1.54) is 12.1 Å². The first-order chi connectivity index (χ1) is 8.54. The lowest BCUT2D eigenvalue weighted by molar-refractivity contribution is -0.121. The van der Waals surface area contributed by atoms with Gasteiger partial charge in [-0.2, -0.15) is 0 Å². The zero-order chi connectivity index (χ0) is 13.5. The number of carbonyl (C=O) groups is 1. The predicted molar refractivity (Wildman–Crippen MR) is 71.1 cm³/mol. The van der Waals surface area contributed by atoms with E-state index in [2.05, 4.69) is 10.6 Å². The van der Waals surface area contributed by atoms with Crippen molar-refractivity contribution in [3.05, 3.63) is 34.6 Å². The Morgan fingerprint density at radius 1 is 1.50 bits per heavy atom. The molecule has 2 N–H and O–H groups in total. The predicted octanol–water partition coefficient (Wildman–Crippen LogP) is 2.66. The molecule has 1 aromatic rings. The molecule has 1 atom stereocenters. The van der Waals surface area contributed by atoms with Gasteiger partial charge in [0, 0.05) is 11.4 Å². The molecule has 0 bridgehead atoms. The first kappa shape index (κ1) is 14.9. The van der Waals surface area contributed by atoms with Crippen LogP contribution in [0, 0.1) is 5.82 Å². The maximum atomic E-state index is 12.9. The second-order valence-electron chi connectivity index (χ2n) is 4.16. The van der Waals surface area contributed by atoms with Crippen LogP contribution in [-0.4, -0.2) is 19.5 Å². The van der Waals surface area contributed by atoms with E-state index in [9.17, 15) is 9.18 Å². The van der Waals surface area contributed by atoms with Crippen molar-refractivity contribution >= 4 is 17.5 Å². The Hall–Kier alpha value is -1.13. The molecule has 0 fully saturated rings. The van der Waals surface area contributed by atoms with E-state index in [4.69, 9.17) is 11.6 Å². The summed E-state index contributed by atoms with van der Waals surface area (Å²) in [5.74, 6) is -0.408. The van der Waals surface area contributed by atoms with Crippen molar-refractivity contribution in [2.75, 3.05) is 13.6 Å². The Morgan fingerprint density at radius 3 is 2.83 bits per heavy atom. The van der Waals surface area contributed by atoms with Crippen LogP contribution in [0.1, 0.15) is 31.4 Å². The van der Waals surface area contributed by atoms with Crippen LogP contribution in [0.4, 0.5) is 4.39 Å². The van der Waals surface area contributed by atoms with Crippen LogP contribution in [-0.2, 0) is 4.79 Å². The fourth-order valence-corrected chi connectivity index (χ4v) is 2.00. The number of carbonyl (C=O) groups excluding carboxylic acids is 1. The molecule has 1 aromatic carbocycles. The molecule has 1 rings (SSSR count). The van der Waals surface area contributed by atoms with Gasteiger partial charge in [-0.3, -0.25) is 4.79 Å². The van der Waals surface area contributed by atoms with Gasteiger partial charge in [-0.1, -0.05) is 17.7 Å². The van der Waals surface area contributed by atoms with Gasteiger partial charge in [-0.15, -0.1) is 0 Å². The number of amides is 1. The third kappa shape index (κ3) is 4.63. The highest BCUT2D eigenvalue weighted by Gasteiger charge is 2.12. The van der Waals surface area contributed by atoms with Gasteiger partial charge in [0.05, 0.1) is 6.04 Å². The van der Waals surface area contributed by atoms with E-state index in [0.717, 1.165) is 18.5 Å². The van der Waals surface area contributed by atoms with E-state index in [1.54, 1.807) is 6.07 Å². The highest BCUT2D eigenvalue weighted by molar-refractivity contribution is 6.31. The SMILES string of the molecule is CNCCCC(=O)NC(C)c1ccc(F)cc1Cl. The molecule has 0 aromatic heterocycles. The molecular weight excluding hydrogens is 255 g/mol. The van der Waals surface area contributed by atoms with Crippen molar-refractivity contribution < 1.29 is 9.18 Å². The standard InChI is InChI=1S/C13H18ClFN2O/c1-9(17-13(18)4-3-7-16-2)11-6-5-10(15)8-12(11)14/h5-6,8-9,16H,3-4,7H2,1-2H3,(H,17,18). The van der Waals surface area contributed by atoms with Crippen molar-refractivity contribution in [2.45, 2.75) is 25.8 Å². The highest BCUT2D eigenvalue weighted by atomic mass is 35.5. The average Bonchev–Trinajstić information content (AvgIpc) is 2.28. The molecule has 0 saturated carbocycles. The molecule has 0 aliphatic carbocycles. The minimum absolute atomic E-state index is 0.0295.